The van der Waals surface area contributed by atoms with Crippen LogP contribution in [0.5, 0.6) is 11.5 Å². The van der Waals surface area contributed by atoms with E-state index in [1.165, 1.54) is 5.56 Å². The third kappa shape index (κ3) is 2.91. The molecule has 1 aliphatic rings. The Morgan fingerprint density at radius 3 is 2.59 bits per heavy atom. The van der Waals surface area contributed by atoms with E-state index in [9.17, 15) is 4.79 Å². The molecule has 114 valence electrons. The molecule has 1 aliphatic heterocycles. The van der Waals surface area contributed by atoms with E-state index in [1.54, 1.807) is 18.2 Å². The summed E-state index contributed by atoms with van der Waals surface area (Å²) in [6.07, 6.45) is 0. The number of nitrogens with one attached hydrogen (secondary N) is 1. The van der Waals surface area contributed by atoms with Gasteiger partial charge in [0.1, 0.15) is 0 Å². The molecule has 1 amide bonds. The predicted octanol–water partition coefficient (Wildman–Crippen LogP) is 3.12. The predicted molar refractivity (Wildman–Crippen MR) is 84.4 cm³/mol. The number of hydrogen-bond acceptors (Lipinski definition) is 3. The molecule has 0 saturated heterocycles. The highest BCUT2D eigenvalue weighted by molar-refractivity contribution is 5.95. The number of rotatable bonds is 4. The first-order valence-electron chi connectivity index (χ1n) is 7.30. The van der Waals surface area contributed by atoms with Gasteiger partial charge in [0.15, 0.2) is 11.5 Å². The molecule has 0 aliphatic carbocycles. The van der Waals surface area contributed by atoms with Crippen LogP contribution in [0.3, 0.4) is 0 Å². The Bertz CT molecular complexity index is 680. The van der Waals surface area contributed by atoms with Gasteiger partial charge in [-0.05, 0) is 23.8 Å². The third-order valence-electron chi connectivity index (χ3n) is 3.88. The fraction of sp³-hybridized carbons (Fsp3) is 0.278. The van der Waals surface area contributed by atoms with Gasteiger partial charge in [0.25, 0.3) is 5.91 Å². The van der Waals surface area contributed by atoms with Crippen LogP contribution in [0.2, 0.25) is 0 Å². The molecular weight excluding hydrogens is 278 g/mol. The van der Waals surface area contributed by atoms with Crippen molar-refractivity contribution in [2.24, 2.45) is 0 Å². The molecular formula is C18H19NO3. The normalized spacial score (nSPS) is 13.0. The molecule has 1 N–H and O–H groups in total. The van der Waals surface area contributed by atoms with Gasteiger partial charge in [0.2, 0.25) is 6.79 Å². The fourth-order valence-corrected chi connectivity index (χ4v) is 2.43. The van der Waals surface area contributed by atoms with Crippen molar-refractivity contribution in [1.82, 2.24) is 5.32 Å². The molecule has 0 saturated carbocycles. The number of hydrogen-bond donors (Lipinski definition) is 1. The van der Waals surface area contributed by atoms with Gasteiger partial charge >= 0.3 is 0 Å². The van der Waals surface area contributed by atoms with Crippen LogP contribution in [0.1, 0.15) is 29.8 Å². The number of ether oxygens (including phenoxy) is 2. The highest BCUT2D eigenvalue weighted by atomic mass is 16.7. The largest absolute Gasteiger partial charge is 0.454 e. The van der Waals surface area contributed by atoms with E-state index >= 15 is 0 Å². The summed E-state index contributed by atoms with van der Waals surface area (Å²) in [4.78, 5) is 12.3. The zero-order valence-electron chi connectivity index (χ0n) is 12.8. The van der Waals surface area contributed by atoms with E-state index in [0.717, 1.165) is 0 Å². The maximum absolute atomic E-state index is 12.3. The van der Waals surface area contributed by atoms with Crippen LogP contribution in [0.25, 0.3) is 0 Å². The zero-order valence-corrected chi connectivity index (χ0v) is 12.8. The third-order valence-corrected chi connectivity index (χ3v) is 3.88. The second-order valence-corrected chi connectivity index (χ2v) is 6.00. The van der Waals surface area contributed by atoms with Gasteiger partial charge in [-0.25, -0.2) is 0 Å². The summed E-state index contributed by atoms with van der Waals surface area (Å²) in [5.41, 5.74) is 1.64. The van der Waals surface area contributed by atoms with Crippen LogP contribution in [0.15, 0.2) is 48.5 Å². The molecule has 0 radical (unpaired) electrons. The quantitative estimate of drug-likeness (QED) is 0.943. The van der Waals surface area contributed by atoms with Crippen molar-refractivity contribution in [1.29, 1.82) is 0 Å². The van der Waals surface area contributed by atoms with E-state index in [1.807, 2.05) is 18.2 Å². The fourth-order valence-electron chi connectivity index (χ4n) is 2.43. The van der Waals surface area contributed by atoms with E-state index in [0.29, 0.717) is 23.6 Å². The summed E-state index contributed by atoms with van der Waals surface area (Å²) in [5.74, 6) is 1.19. The van der Waals surface area contributed by atoms with Gasteiger partial charge in [-0.15, -0.1) is 0 Å². The molecule has 1 heterocycles. The standard InChI is InChI=1S/C18H19NO3/c1-18(2,14-6-4-3-5-7-14)11-19-17(20)13-8-9-15-16(10-13)22-12-21-15/h3-10H,11-12H2,1-2H3,(H,19,20). The molecule has 0 atom stereocenters. The topological polar surface area (TPSA) is 47.6 Å². The highest BCUT2D eigenvalue weighted by Gasteiger charge is 2.22. The lowest BCUT2D eigenvalue weighted by Gasteiger charge is -2.25. The molecule has 0 bridgehead atoms. The average Bonchev–Trinajstić information content (AvgIpc) is 3.01. The Labute approximate surface area is 130 Å². The smallest absolute Gasteiger partial charge is 0.251 e. The minimum Gasteiger partial charge on any atom is -0.454 e. The summed E-state index contributed by atoms with van der Waals surface area (Å²) in [5, 5.41) is 2.99. The van der Waals surface area contributed by atoms with E-state index < -0.39 is 0 Å². The van der Waals surface area contributed by atoms with E-state index in [4.69, 9.17) is 9.47 Å². The van der Waals surface area contributed by atoms with Crippen LogP contribution in [0, 0.1) is 0 Å². The highest BCUT2D eigenvalue weighted by Crippen LogP contribution is 2.32. The zero-order chi connectivity index (χ0) is 15.6. The number of fused-ring (bicyclic) bond motifs is 1. The van der Waals surface area contributed by atoms with Crippen LogP contribution in [-0.4, -0.2) is 19.2 Å². The Morgan fingerprint density at radius 1 is 1.09 bits per heavy atom. The number of carbonyl (C=O) groups is 1. The first kappa shape index (κ1) is 14.4. The van der Waals surface area contributed by atoms with Gasteiger partial charge in [0, 0.05) is 17.5 Å². The Morgan fingerprint density at radius 2 is 1.82 bits per heavy atom. The van der Waals surface area contributed by atoms with Gasteiger partial charge in [-0.2, -0.15) is 0 Å². The number of benzene rings is 2. The monoisotopic (exact) mass is 297 g/mol. The molecule has 0 fully saturated rings. The van der Waals surface area contributed by atoms with E-state index in [-0.39, 0.29) is 18.1 Å². The lowest BCUT2D eigenvalue weighted by Crippen LogP contribution is -2.36. The molecule has 3 rings (SSSR count). The van der Waals surface area contributed by atoms with Crippen molar-refractivity contribution in [3.05, 3.63) is 59.7 Å². The van der Waals surface area contributed by atoms with E-state index in [2.05, 4.69) is 31.3 Å². The van der Waals surface area contributed by atoms with Gasteiger partial charge in [-0.1, -0.05) is 44.2 Å². The number of carbonyl (C=O) groups excluding carboxylic acids is 1. The molecule has 0 spiro atoms. The Balaban J connectivity index is 1.67. The van der Waals surface area contributed by atoms with Crippen molar-refractivity contribution >= 4 is 5.91 Å². The lowest BCUT2D eigenvalue weighted by molar-refractivity contribution is 0.0945. The van der Waals surface area contributed by atoms with Crippen molar-refractivity contribution in [2.45, 2.75) is 19.3 Å². The molecule has 2 aromatic carbocycles. The Kier molecular flexibility index (Phi) is 3.75. The van der Waals surface area contributed by atoms with Crippen LogP contribution in [0.4, 0.5) is 0 Å². The van der Waals surface area contributed by atoms with Crippen molar-refractivity contribution in [2.75, 3.05) is 13.3 Å². The summed E-state index contributed by atoms with van der Waals surface area (Å²) in [6, 6.07) is 15.4. The molecule has 22 heavy (non-hydrogen) atoms. The molecule has 4 heteroatoms. The second kappa shape index (κ2) is 5.72. The summed E-state index contributed by atoms with van der Waals surface area (Å²) in [6.45, 7) is 5.00. The van der Waals surface area contributed by atoms with Crippen LogP contribution < -0.4 is 14.8 Å². The molecule has 4 nitrogen and oxygen atoms in total. The first-order chi connectivity index (χ1) is 10.6. The summed E-state index contributed by atoms with van der Waals surface area (Å²) >= 11 is 0. The molecule has 0 unspecified atom stereocenters. The van der Waals surface area contributed by atoms with Gasteiger partial charge in [0.05, 0.1) is 0 Å². The minimum absolute atomic E-state index is 0.109. The molecule has 2 aromatic rings. The van der Waals surface area contributed by atoms with Crippen LogP contribution >= 0.6 is 0 Å². The van der Waals surface area contributed by atoms with Crippen molar-refractivity contribution in [3.63, 3.8) is 0 Å². The first-order valence-corrected chi connectivity index (χ1v) is 7.30. The van der Waals surface area contributed by atoms with Gasteiger partial charge in [-0.3, -0.25) is 4.79 Å². The lowest BCUT2D eigenvalue weighted by atomic mass is 9.84. The average molecular weight is 297 g/mol. The second-order valence-electron chi connectivity index (χ2n) is 6.00. The maximum Gasteiger partial charge on any atom is 0.251 e. The summed E-state index contributed by atoms with van der Waals surface area (Å²) in [7, 11) is 0. The Hall–Kier alpha value is -2.49. The maximum atomic E-state index is 12.3. The van der Waals surface area contributed by atoms with Crippen molar-refractivity contribution in [3.8, 4) is 11.5 Å². The van der Waals surface area contributed by atoms with Crippen molar-refractivity contribution < 1.29 is 14.3 Å². The number of amides is 1. The van der Waals surface area contributed by atoms with Gasteiger partial charge < -0.3 is 14.8 Å². The SMILES string of the molecule is CC(C)(CNC(=O)c1ccc2c(c1)OCO2)c1ccccc1. The molecule has 0 aromatic heterocycles. The minimum atomic E-state index is -0.132. The van der Waals surface area contributed by atoms with Crippen LogP contribution in [-0.2, 0) is 5.41 Å². The summed E-state index contributed by atoms with van der Waals surface area (Å²) < 4.78 is 10.6.